The molecule has 0 bridgehead atoms. The Kier molecular flexibility index (Phi) is 6.04. The minimum Gasteiger partial charge on any atom is -0.858 e. The van der Waals surface area contributed by atoms with E-state index in [1.54, 1.807) is 6.07 Å². The van der Waals surface area contributed by atoms with Crippen LogP contribution in [0.5, 0.6) is 0 Å². The second-order valence-corrected chi connectivity index (χ2v) is 9.17. The van der Waals surface area contributed by atoms with Gasteiger partial charge in [0.1, 0.15) is 5.82 Å². The first-order chi connectivity index (χ1) is 10.2. The zero-order valence-corrected chi connectivity index (χ0v) is 17.8. The number of benzene rings is 2. The molecule has 2 aromatic carbocycles. The lowest BCUT2D eigenvalue weighted by Gasteiger charge is -2.14. The Hall–Kier alpha value is -0.0200. The Morgan fingerprint density at radius 2 is 1.82 bits per heavy atom. The molecule has 22 heavy (non-hydrogen) atoms. The van der Waals surface area contributed by atoms with Crippen molar-refractivity contribution in [2.45, 2.75) is 4.90 Å². The van der Waals surface area contributed by atoms with Gasteiger partial charge < -0.3 is 5.11 Å². The van der Waals surface area contributed by atoms with E-state index in [0.29, 0.717) is 3.57 Å². The normalized spacial score (nSPS) is 12.5. The SMILES string of the molecule is O=S(=O)(/N=C(\[O-])c1cc(I)cc(I)c1I)c1cccc(F)c1. The summed E-state index contributed by atoms with van der Waals surface area (Å²) in [5.41, 5.74) is 0.205. The maximum absolute atomic E-state index is 13.1. The first kappa shape index (κ1) is 18.3. The van der Waals surface area contributed by atoms with E-state index >= 15 is 0 Å². The molecule has 0 radical (unpaired) electrons. The summed E-state index contributed by atoms with van der Waals surface area (Å²) in [6, 6.07) is 7.82. The highest BCUT2D eigenvalue weighted by molar-refractivity contribution is 14.1. The molecule has 0 N–H and O–H groups in total. The minimum atomic E-state index is -4.25. The fourth-order valence-corrected chi connectivity index (χ4v) is 4.87. The van der Waals surface area contributed by atoms with Crippen LogP contribution in [0.1, 0.15) is 5.56 Å². The third-order valence-electron chi connectivity index (χ3n) is 2.52. The third-order valence-corrected chi connectivity index (χ3v) is 7.44. The quantitative estimate of drug-likeness (QED) is 0.221. The molecule has 116 valence electrons. The van der Waals surface area contributed by atoms with E-state index in [-0.39, 0.29) is 10.5 Å². The molecular formula is C13H6FI3NO3S-. The zero-order valence-electron chi connectivity index (χ0n) is 10.6. The highest BCUT2D eigenvalue weighted by Gasteiger charge is 2.14. The molecule has 0 aliphatic rings. The van der Waals surface area contributed by atoms with Crippen molar-refractivity contribution in [1.82, 2.24) is 0 Å². The minimum absolute atomic E-state index is 0.205. The van der Waals surface area contributed by atoms with Gasteiger partial charge in [-0.05, 0) is 98.1 Å². The van der Waals surface area contributed by atoms with Gasteiger partial charge in [-0.3, -0.25) is 0 Å². The second kappa shape index (κ2) is 7.25. The Labute approximate surface area is 167 Å². The average Bonchev–Trinajstić information content (AvgIpc) is 2.42. The molecule has 0 saturated carbocycles. The number of halogens is 4. The molecule has 0 aromatic heterocycles. The van der Waals surface area contributed by atoms with E-state index in [2.05, 4.69) is 27.0 Å². The first-order valence-corrected chi connectivity index (χ1v) is 10.3. The summed E-state index contributed by atoms with van der Waals surface area (Å²) in [6.45, 7) is 0. The van der Waals surface area contributed by atoms with Gasteiger partial charge in [-0.2, -0.15) is 12.8 Å². The van der Waals surface area contributed by atoms with Crippen LogP contribution in [0.3, 0.4) is 0 Å². The topological polar surface area (TPSA) is 69.6 Å². The summed E-state index contributed by atoms with van der Waals surface area (Å²) in [5.74, 6) is -1.58. The van der Waals surface area contributed by atoms with E-state index in [1.807, 2.05) is 51.2 Å². The molecule has 0 aliphatic heterocycles. The molecule has 0 aliphatic carbocycles. The molecule has 2 aromatic rings. The molecule has 0 unspecified atom stereocenters. The predicted octanol–water partition coefficient (Wildman–Crippen LogP) is 3.14. The van der Waals surface area contributed by atoms with Crippen molar-refractivity contribution >= 4 is 83.7 Å². The highest BCUT2D eigenvalue weighted by Crippen LogP contribution is 2.23. The zero-order chi connectivity index (χ0) is 16.5. The molecular weight excluding hydrogens is 650 g/mol. The maximum Gasteiger partial charge on any atom is 0.281 e. The Balaban J connectivity index is 2.53. The van der Waals surface area contributed by atoms with Gasteiger partial charge in [-0.15, -0.1) is 0 Å². The number of rotatable bonds is 3. The van der Waals surface area contributed by atoms with Gasteiger partial charge in [0.05, 0.1) is 4.90 Å². The van der Waals surface area contributed by atoms with Crippen molar-refractivity contribution < 1.29 is 17.9 Å². The van der Waals surface area contributed by atoms with Crippen LogP contribution in [0.2, 0.25) is 0 Å². The molecule has 0 fully saturated rings. The standard InChI is InChI=1S/C13H7FI3NO3S/c14-7-2-1-3-9(4-7)22(20,21)18-13(19)10-5-8(15)6-11(16)12(10)17/h1-6H,(H,18,19)/p-1. The van der Waals surface area contributed by atoms with E-state index in [1.165, 1.54) is 12.1 Å². The van der Waals surface area contributed by atoms with Crippen molar-refractivity contribution in [2.75, 3.05) is 0 Å². The van der Waals surface area contributed by atoms with Crippen LogP contribution in [-0.2, 0) is 10.0 Å². The predicted molar refractivity (Wildman–Crippen MR) is 105 cm³/mol. The van der Waals surface area contributed by atoms with Gasteiger partial charge in [0.2, 0.25) is 0 Å². The van der Waals surface area contributed by atoms with Crippen molar-refractivity contribution in [2.24, 2.45) is 4.40 Å². The number of sulfonamides is 1. The smallest absolute Gasteiger partial charge is 0.281 e. The average molecular weight is 656 g/mol. The molecule has 9 heteroatoms. The molecule has 0 saturated heterocycles. The molecule has 0 spiro atoms. The molecule has 2 rings (SSSR count). The van der Waals surface area contributed by atoms with Crippen molar-refractivity contribution in [3.05, 3.63) is 58.5 Å². The van der Waals surface area contributed by atoms with E-state index in [9.17, 15) is 17.9 Å². The van der Waals surface area contributed by atoms with Crippen molar-refractivity contribution in [3.8, 4) is 0 Å². The Morgan fingerprint density at radius 3 is 2.45 bits per heavy atom. The van der Waals surface area contributed by atoms with E-state index in [0.717, 1.165) is 19.3 Å². The summed E-state index contributed by atoms with van der Waals surface area (Å²) in [7, 11) is -4.25. The molecule has 0 atom stereocenters. The number of hydrogen-bond donors (Lipinski definition) is 0. The lowest BCUT2D eigenvalue weighted by Crippen LogP contribution is -2.22. The van der Waals surface area contributed by atoms with E-state index in [4.69, 9.17) is 0 Å². The third kappa shape index (κ3) is 4.29. The van der Waals surface area contributed by atoms with Crippen LogP contribution in [0.25, 0.3) is 0 Å². The van der Waals surface area contributed by atoms with Gasteiger partial charge in [-0.25, -0.2) is 4.39 Å². The first-order valence-electron chi connectivity index (χ1n) is 5.63. The highest BCUT2D eigenvalue weighted by atomic mass is 127. The van der Waals surface area contributed by atoms with Crippen LogP contribution < -0.4 is 5.11 Å². The molecule has 0 amide bonds. The fourth-order valence-electron chi connectivity index (χ4n) is 1.55. The lowest BCUT2D eigenvalue weighted by molar-refractivity contribution is -0.212. The van der Waals surface area contributed by atoms with Gasteiger partial charge in [0, 0.05) is 22.2 Å². The lowest BCUT2D eigenvalue weighted by atomic mass is 10.2. The van der Waals surface area contributed by atoms with Gasteiger partial charge in [-0.1, -0.05) is 6.07 Å². The van der Waals surface area contributed by atoms with Crippen LogP contribution in [-0.4, -0.2) is 14.3 Å². The van der Waals surface area contributed by atoms with Gasteiger partial charge >= 0.3 is 0 Å². The fraction of sp³-hybridized carbons (Fsp3) is 0. The number of hydrogen-bond acceptors (Lipinski definition) is 3. The summed E-state index contributed by atoms with van der Waals surface area (Å²) < 4.78 is 42.8. The summed E-state index contributed by atoms with van der Waals surface area (Å²) >= 11 is 6.05. The maximum atomic E-state index is 13.1. The monoisotopic (exact) mass is 656 g/mol. The van der Waals surface area contributed by atoms with Crippen molar-refractivity contribution in [1.29, 1.82) is 0 Å². The van der Waals surface area contributed by atoms with Crippen LogP contribution >= 0.6 is 67.8 Å². The number of nitrogens with zero attached hydrogens (tertiary/aromatic N) is 1. The van der Waals surface area contributed by atoms with Crippen LogP contribution in [0, 0.1) is 16.5 Å². The van der Waals surface area contributed by atoms with Crippen LogP contribution in [0.15, 0.2) is 45.7 Å². The van der Waals surface area contributed by atoms with E-state index < -0.39 is 21.7 Å². The molecule has 4 nitrogen and oxygen atoms in total. The van der Waals surface area contributed by atoms with Crippen LogP contribution in [0.4, 0.5) is 4.39 Å². The second-order valence-electron chi connectivity index (χ2n) is 4.08. The van der Waals surface area contributed by atoms with Gasteiger partial charge in [0.25, 0.3) is 10.0 Å². The largest absolute Gasteiger partial charge is 0.858 e. The van der Waals surface area contributed by atoms with Crippen molar-refractivity contribution in [3.63, 3.8) is 0 Å². The summed E-state index contributed by atoms with van der Waals surface area (Å²) in [4.78, 5) is -0.351. The van der Waals surface area contributed by atoms with Gasteiger partial charge in [0.15, 0.2) is 0 Å². The molecule has 0 heterocycles. The Bertz CT molecular complexity index is 869. The summed E-state index contributed by atoms with van der Waals surface area (Å²) in [6.07, 6.45) is 0. The summed E-state index contributed by atoms with van der Waals surface area (Å²) in [5, 5.41) is 12.2. The Morgan fingerprint density at radius 1 is 1.14 bits per heavy atom.